The second kappa shape index (κ2) is 9.42. The van der Waals surface area contributed by atoms with Gasteiger partial charge in [-0.2, -0.15) is 0 Å². The number of methoxy groups -OCH3 is 1. The Hall–Kier alpha value is -2.08. The van der Waals surface area contributed by atoms with Crippen molar-refractivity contribution < 1.29 is 23.8 Å². The first-order valence-corrected chi connectivity index (χ1v) is 8.68. The highest BCUT2D eigenvalue weighted by Gasteiger charge is 2.31. The summed E-state index contributed by atoms with van der Waals surface area (Å²) in [6, 6.07) is 8.68. The Morgan fingerprint density at radius 3 is 2.44 bits per heavy atom. The highest BCUT2D eigenvalue weighted by atomic mass is 16.6. The highest BCUT2D eigenvalue weighted by molar-refractivity contribution is 5.81. The van der Waals surface area contributed by atoms with Gasteiger partial charge in [0.1, 0.15) is 12.6 Å². The molecule has 0 saturated carbocycles. The van der Waals surface area contributed by atoms with Crippen LogP contribution in [0.25, 0.3) is 0 Å². The van der Waals surface area contributed by atoms with E-state index in [0.717, 1.165) is 18.4 Å². The fraction of sp³-hybridized carbons (Fsp3) is 0.579. The number of ether oxygens (including phenoxy) is 3. The Morgan fingerprint density at radius 2 is 1.84 bits per heavy atom. The number of hydrogen-bond donors (Lipinski definition) is 1. The molecule has 0 aromatic heterocycles. The third kappa shape index (κ3) is 6.38. The third-order valence-corrected chi connectivity index (χ3v) is 4.35. The zero-order valence-electron chi connectivity index (χ0n) is 15.1. The van der Waals surface area contributed by atoms with Crippen LogP contribution in [-0.4, -0.2) is 37.4 Å². The fourth-order valence-electron chi connectivity index (χ4n) is 3.33. The lowest BCUT2D eigenvalue weighted by Gasteiger charge is -2.33. The minimum Gasteiger partial charge on any atom is -0.467 e. The van der Waals surface area contributed by atoms with Crippen LogP contribution in [0.15, 0.2) is 30.3 Å². The summed E-state index contributed by atoms with van der Waals surface area (Å²) in [5.74, 6) is -0.166. The van der Waals surface area contributed by atoms with Crippen molar-refractivity contribution in [2.75, 3.05) is 7.11 Å². The maximum atomic E-state index is 12.1. The Balaban J connectivity index is 1.88. The monoisotopic (exact) mass is 349 g/mol. The van der Waals surface area contributed by atoms with E-state index in [-0.39, 0.29) is 24.7 Å². The van der Waals surface area contributed by atoms with Crippen LogP contribution in [0.2, 0.25) is 0 Å². The maximum Gasteiger partial charge on any atom is 0.408 e. The van der Waals surface area contributed by atoms with Gasteiger partial charge >= 0.3 is 12.1 Å². The Kier molecular flexibility index (Phi) is 7.25. The van der Waals surface area contributed by atoms with Crippen molar-refractivity contribution in [2.24, 2.45) is 5.92 Å². The minimum absolute atomic E-state index is 0.150. The van der Waals surface area contributed by atoms with E-state index in [9.17, 15) is 9.59 Å². The predicted molar refractivity (Wildman–Crippen MR) is 92.9 cm³/mol. The predicted octanol–water partition coefficient (Wildman–Crippen LogP) is 3.05. The second-order valence-electron chi connectivity index (χ2n) is 6.61. The van der Waals surface area contributed by atoms with Crippen molar-refractivity contribution in [3.8, 4) is 0 Å². The average molecular weight is 349 g/mol. The number of esters is 1. The van der Waals surface area contributed by atoms with Gasteiger partial charge in [0.15, 0.2) is 0 Å². The maximum absolute atomic E-state index is 12.1. The Labute approximate surface area is 148 Å². The van der Waals surface area contributed by atoms with Crippen molar-refractivity contribution in [2.45, 2.75) is 58.0 Å². The quantitative estimate of drug-likeness (QED) is 0.799. The molecule has 0 radical (unpaired) electrons. The van der Waals surface area contributed by atoms with Crippen LogP contribution in [0.5, 0.6) is 0 Å². The van der Waals surface area contributed by atoms with Gasteiger partial charge in [-0.05, 0) is 44.6 Å². The van der Waals surface area contributed by atoms with Crippen molar-refractivity contribution in [3.63, 3.8) is 0 Å². The van der Waals surface area contributed by atoms with Crippen LogP contribution in [0, 0.1) is 5.92 Å². The SMILES string of the molecule is COC(=O)C(C[C@@H]1C[C@@H](C)O[C@@H](C)C1)NC(=O)OCc1ccccc1. The third-order valence-electron chi connectivity index (χ3n) is 4.35. The molecule has 2 rings (SSSR count). The molecule has 1 unspecified atom stereocenters. The van der Waals surface area contributed by atoms with Gasteiger partial charge in [0, 0.05) is 0 Å². The summed E-state index contributed by atoms with van der Waals surface area (Å²) in [7, 11) is 1.32. The topological polar surface area (TPSA) is 73.9 Å². The molecule has 1 fully saturated rings. The van der Waals surface area contributed by atoms with Crippen LogP contribution < -0.4 is 5.32 Å². The van der Waals surface area contributed by atoms with Crippen molar-refractivity contribution in [1.29, 1.82) is 0 Å². The highest BCUT2D eigenvalue weighted by Crippen LogP contribution is 2.28. The standard InChI is InChI=1S/C19H27NO5/c1-13-9-16(10-14(2)25-13)11-17(18(21)23-3)20-19(22)24-12-15-7-5-4-6-8-15/h4-8,13-14,16-17H,9-12H2,1-3H3,(H,20,22)/t13-,14+,16-,17?. The van der Waals surface area contributed by atoms with E-state index in [4.69, 9.17) is 14.2 Å². The summed E-state index contributed by atoms with van der Waals surface area (Å²) in [4.78, 5) is 24.1. The van der Waals surface area contributed by atoms with Gasteiger partial charge in [-0.15, -0.1) is 0 Å². The lowest BCUT2D eigenvalue weighted by Crippen LogP contribution is -2.44. The first-order valence-electron chi connectivity index (χ1n) is 8.68. The normalized spacial score (nSPS) is 24.2. The van der Waals surface area contributed by atoms with Crippen LogP contribution in [-0.2, 0) is 25.6 Å². The molecule has 4 atom stereocenters. The molecular formula is C19H27NO5. The number of nitrogens with one attached hydrogen (secondary N) is 1. The minimum atomic E-state index is -0.712. The van der Waals surface area contributed by atoms with E-state index in [1.54, 1.807) is 0 Å². The van der Waals surface area contributed by atoms with Gasteiger partial charge in [-0.1, -0.05) is 30.3 Å². The first-order chi connectivity index (χ1) is 12.0. The van der Waals surface area contributed by atoms with E-state index < -0.39 is 18.1 Å². The molecule has 138 valence electrons. The van der Waals surface area contributed by atoms with Gasteiger partial charge < -0.3 is 19.5 Å². The molecule has 6 nitrogen and oxygen atoms in total. The number of amides is 1. The summed E-state index contributed by atoms with van der Waals surface area (Å²) in [6.07, 6.45) is 1.92. The lowest BCUT2D eigenvalue weighted by molar-refractivity contribution is -0.144. The molecule has 1 saturated heterocycles. The molecule has 1 aromatic rings. The number of carbonyl (C=O) groups is 2. The Bertz CT molecular complexity index is 552. The first kappa shape index (κ1) is 19.2. The molecule has 25 heavy (non-hydrogen) atoms. The van der Waals surface area contributed by atoms with Gasteiger partial charge in [0.2, 0.25) is 0 Å². The summed E-state index contributed by atoms with van der Waals surface area (Å²) < 4.78 is 15.8. The zero-order valence-corrected chi connectivity index (χ0v) is 15.1. The largest absolute Gasteiger partial charge is 0.467 e. The summed E-state index contributed by atoms with van der Waals surface area (Å²) in [6.45, 7) is 4.21. The van der Waals surface area contributed by atoms with Gasteiger partial charge in [-0.3, -0.25) is 0 Å². The van der Waals surface area contributed by atoms with Crippen molar-refractivity contribution in [3.05, 3.63) is 35.9 Å². The van der Waals surface area contributed by atoms with Crippen molar-refractivity contribution >= 4 is 12.1 Å². The molecule has 0 spiro atoms. The van der Waals surface area contributed by atoms with E-state index in [1.807, 2.05) is 44.2 Å². The summed E-state index contributed by atoms with van der Waals surface area (Å²) in [5.41, 5.74) is 0.888. The summed E-state index contributed by atoms with van der Waals surface area (Å²) >= 11 is 0. The molecule has 0 bridgehead atoms. The fourth-order valence-corrected chi connectivity index (χ4v) is 3.33. The molecular weight excluding hydrogens is 322 g/mol. The van der Waals surface area contributed by atoms with E-state index in [0.29, 0.717) is 6.42 Å². The van der Waals surface area contributed by atoms with Gasteiger partial charge in [-0.25, -0.2) is 9.59 Å². The van der Waals surface area contributed by atoms with Gasteiger partial charge in [0.05, 0.1) is 19.3 Å². The van der Waals surface area contributed by atoms with Crippen LogP contribution in [0.4, 0.5) is 4.79 Å². The van der Waals surface area contributed by atoms with Crippen LogP contribution in [0.1, 0.15) is 38.7 Å². The second-order valence-corrected chi connectivity index (χ2v) is 6.61. The lowest BCUT2D eigenvalue weighted by atomic mass is 9.87. The summed E-state index contributed by atoms with van der Waals surface area (Å²) in [5, 5.41) is 2.64. The number of benzene rings is 1. The number of alkyl carbamates (subject to hydrolysis) is 1. The molecule has 1 aromatic carbocycles. The van der Waals surface area contributed by atoms with E-state index in [2.05, 4.69) is 5.32 Å². The molecule has 1 N–H and O–H groups in total. The number of hydrogen-bond acceptors (Lipinski definition) is 5. The molecule has 1 aliphatic rings. The van der Waals surface area contributed by atoms with Crippen LogP contribution in [0.3, 0.4) is 0 Å². The molecule has 1 aliphatic heterocycles. The number of carbonyl (C=O) groups excluding carboxylic acids is 2. The van der Waals surface area contributed by atoms with Crippen LogP contribution >= 0.6 is 0 Å². The molecule has 6 heteroatoms. The molecule has 1 heterocycles. The smallest absolute Gasteiger partial charge is 0.408 e. The van der Waals surface area contributed by atoms with Crippen molar-refractivity contribution in [1.82, 2.24) is 5.32 Å². The van der Waals surface area contributed by atoms with E-state index >= 15 is 0 Å². The number of rotatable bonds is 6. The molecule has 1 amide bonds. The average Bonchev–Trinajstić information content (AvgIpc) is 2.58. The van der Waals surface area contributed by atoms with Gasteiger partial charge in [0.25, 0.3) is 0 Å². The molecule has 0 aliphatic carbocycles. The Morgan fingerprint density at radius 1 is 1.20 bits per heavy atom. The zero-order chi connectivity index (χ0) is 18.2. The van der Waals surface area contributed by atoms with E-state index in [1.165, 1.54) is 7.11 Å².